The highest BCUT2D eigenvalue weighted by Gasteiger charge is 2.23. The average Bonchev–Trinajstić information content (AvgIpc) is 3.10. The Kier molecular flexibility index (Phi) is 4.14. The first-order valence-corrected chi connectivity index (χ1v) is 9.21. The van der Waals surface area contributed by atoms with E-state index in [-0.39, 0.29) is 5.56 Å². The molecule has 1 N–H and O–H groups in total. The van der Waals surface area contributed by atoms with Crippen molar-refractivity contribution in [3.63, 3.8) is 0 Å². The number of nitrogens with one attached hydrogen (secondary N) is 1. The van der Waals surface area contributed by atoms with Crippen LogP contribution >= 0.6 is 11.3 Å². The third-order valence-corrected chi connectivity index (χ3v) is 5.68. The van der Waals surface area contributed by atoms with E-state index in [0.717, 1.165) is 48.1 Å². The van der Waals surface area contributed by atoms with Gasteiger partial charge < -0.3 is 4.98 Å². The number of rotatable bonds is 3. The number of aromatic amines is 1. The highest BCUT2D eigenvalue weighted by molar-refractivity contribution is 7.13. The molecule has 0 saturated heterocycles. The molecule has 4 rings (SSSR count). The summed E-state index contributed by atoms with van der Waals surface area (Å²) < 4.78 is 0. The quantitative estimate of drug-likeness (QED) is 0.881. The number of H-pyrrole nitrogens is 1. The number of allylic oxidation sites excluding steroid dienone is 2. The van der Waals surface area contributed by atoms with Crippen molar-refractivity contribution in [2.24, 2.45) is 5.92 Å². The van der Waals surface area contributed by atoms with Crippen molar-refractivity contribution in [2.75, 3.05) is 13.1 Å². The van der Waals surface area contributed by atoms with Gasteiger partial charge in [0.15, 0.2) is 5.82 Å². The fourth-order valence-corrected chi connectivity index (χ4v) is 4.24. The van der Waals surface area contributed by atoms with Crippen LogP contribution < -0.4 is 5.56 Å². The van der Waals surface area contributed by atoms with Gasteiger partial charge in [0.25, 0.3) is 5.56 Å². The summed E-state index contributed by atoms with van der Waals surface area (Å²) in [5.74, 6) is 1.46. The molecule has 2 aromatic heterocycles. The Bertz CT molecular complexity index is 763. The summed E-state index contributed by atoms with van der Waals surface area (Å²) in [6.45, 7) is 2.89. The van der Waals surface area contributed by atoms with E-state index in [1.165, 1.54) is 19.3 Å². The first-order chi connectivity index (χ1) is 11.3. The molecule has 5 heteroatoms. The zero-order valence-electron chi connectivity index (χ0n) is 13.1. The minimum absolute atomic E-state index is 0.0404. The Balaban J connectivity index is 1.55. The van der Waals surface area contributed by atoms with Crippen molar-refractivity contribution in [2.45, 2.75) is 32.2 Å². The minimum atomic E-state index is 0.0404. The highest BCUT2D eigenvalue weighted by Crippen LogP contribution is 2.24. The molecule has 4 nitrogen and oxygen atoms in total. The van der Waals surface area contributed by atoms with Crippen LogP contribution in [0.5, 0.6) is 0 Å². The van der Waals surface area contributed by atoms with Gasteiger partial charge in [-0.15, -0.1) is 11.3 Å². The number of fused-ring (bicyclic) bond motifs is 1. The van der Waals surface area contributed by atoms with Crippen LogP contribution in [0.2, 0.25) is 0 Å². The highest BCUT2D eigenvalue weighted by atomic mass is 32.1. The van der Waals surface area contributed by atoms with Gasteiger partial charge in [0, 0.05) is 25.2 Å². The van der Waals surface area contributed by atoms with Crippen molar-refractivity contribution in [1.82, 2.24) is 14.9 Å². The lowest BCUT2D eigenvalue weighted by molar-refractivity contribution is 0.203. The van der Waals surface area contributed by atoms with Crippen molar-refractivity contribution in [3.8, 4) is 10.7 Å². The molecule has 0 fully saturated rings. The Hall–Kier alpha value is -1.72. The maximum Gasteiger partial charge on any atom is 0.254 e. The van der Waals surface area contributed by atoms with Gasteiger partial charge in [-0.25, -0.2) is 4.98 Å². The van der Waals surface area contributed by atoms with E-state index in [1.54, 1.807) is 11.3 Å². The lowest BCUT2D eigenvalue weighted by Gasteiger charge is -2.31. The van der Waals surface area contributed by atoms with Gasteiger partial charge in [0.1, 0.15) is 0 Å². The number of aromatic nitrogens is 2. The summed E-state index contributed by atoms with van der Waals surface area (Å²) in [7, 11) is 0. The van der Waals surface area contributed by atoms with Crippen LogP contribution in [0.3, 0.4) is 0 Å². The van der Waals surface area contributed by atoms with E-state index in [2.05, 4.69) is 22.0 Å². The van der Waals surface area contributed by atoms with Crippen LogP contribution in [-0.4, -0.2) is 28.0 Å². The van der Waals surface area contributed by atoms with E-state index in [0.29, 0.717) is 5.82 Å². The molecular formula is C18H21N3OS. The lowest BCUT2D eigenvalue weighted by Crippen LogP contribution is -2.38. The predicted octanol–water partition coefficient (Wildman–Crippen LogP) is 3.21. The van der Waals surface area contributed by atoms with E-state index in [9.17, 15) is 4.79 Å². The minimum Gasteiger partial charge on any atom is -0.306 e. The molecule has 3 heterocycles. The third-order valence-electron chi connectivity index (χ3n) is 4.80. The zero-order valence-corrected chi connectivity index (χ0v) is 13.9. The Morgan fingerprint density at radius 2 is 2.35 bits per heavy atom. The largest absolute Gasteiger partial charge is 0.306 e. The molecule has 2 aliphatic rings. The second kappa shape index (κ2) is 6.42. The predicted molar refractivity (Wildman–Crippen MR) is 93.6 cm³/mol. The fourth-order valence-electron chi connectivity index (χ4n) is 3.57. The maximum absolute atomic E-state index is 12.4. The molecule has 0 amide bonds. The second-order valence-corrected chi connectivity index (χ2v) is 7.40. The lowest BCUT2D eigenvalue weighted by atomic mass is 9.93. The van der Waals surface area contributed by atoms with E-state index < -0.39 is 0 Å². The smallest absolute Gasteiger partial charge is 0.254 e. The van der Waals surface area contributed by atoms with E-state index >= 15 is 0 Å². The third kappa shape index (κ3) is 3.16. The van der Waals surface area contributed by atoms with Gasteiger partial charge in [-0.1, -0.05) is 18.2 Å². The van der Waals surface area contributed by atoms with Crippen LogP contribution in [0, 0.1) is 5.92 Å². The molecule has 0 bridgehead atoms. The van der Waals surface area contributed by atoms with Gasteiger partial charge in [0.05, 0.1) is 10.6 Å². The molecule has 23 heavy (non-hydrogen) atoms. The Morgan fingerprint density at radius 3 is 3.13 bits per heavy atom. The van der Waals surface area contributed by atoms with Crippen molar-refractivity contribution in [1.29, 1.82) is 0 Å². The summed E-state index contributed by atoms with van der Waals surface area (Å²) in [6.07, 6.45) is 9.08. The van der Waals surface area contributed by atoms with Crippen LogP contribution in [0.25, 0.3) is 10.7 Å². The molecule has 0 aromatic carbocycles. The maximum atomic E-state index is 12.4. The molecule has 2 aromatic rings. The zero-order chi connectivity index (χ0) is 15.6. The van der Waals surface area contributed by atoms with Crippen molar-refractivity contribution >= 4 is 11.3 Å². The monoisotopic (exact) mass is 327 g/mol. The topological polar surface area (TPSA) is 49.0 Å². The molecule has 0 saturated carbocycles. The summed E-state index contributed by atoms with van der Waals surface area (Å²) in [5, 5.41) is 2.01. The molecule has 1 aliphatic heterocycles. The van der Waals surface area contributed by atoms with E-state index in [4.69, 9.17) is 4.98 Å². The van der Waals surface area contributed by atoms with Crippen molar-refractivity contribution < 1.29 is 0 Å². The first kappa shape index (κ1) is 14.8. The first-order valence-electron chi connectivity index (χ1n) is 8.33. The van der Waals surface area contributed by atoms with Gasteiger partial charge in [-0.3, -0.25) is 9.69 Å². The molecule has 0 radical (unpaired) electrons. The molecular weight excluding hydrogens is 306 g/mol. The van der Waals surface area contributed by atoms with Gasteiger partial charge >= 0.3 is 0 Å². The Labute approximate surface area is 139 Å². The number of hydrogen-bond donors (Lipinski definition) is 1. The van der Waals surface area contributed by atoms with Crippen LogP contribution in [0.15, 0.2) is 34.5 Å². The molecule has 1 atom stereocenters. The molecule has 1 aliphatic carbocycles. The Morgan fingerprint density at radius 1 is 1.39 bits per heavy atom. The normalized spacial score (nSPS) is 21.3. The summed E-state index contributed by atoms with van der Waals surface area (Å²) >= 11 is 1.61. The number of hydrogen-bond acceptors (Lipinski definition) is 4. The average molecular weight is 327 g/mol. The fraction of sp³-hybridized carbons (Fsp3) is 0.444. The van der Waals surface area contributed by atoms with Gasteiger partial charge in [-0.05, 0) is 43.0 Å². The van der Waals surface area contributed by atoms with Crippen LogP contribution in [0.4, 0.5) is 0 Å². The number of thiophene rings is 1. The molecule has 1 unspecified atom stereocenters. The SMILES string of the molecule is O=c1[nH]c(-c2cccs2)nc2c1CCN(CC1CC=CCC1)C2. The van der Waals surface area contributed by atoms with Gasteiger partial charge in [0.2, 0.25) is 0 Å². The standard InChI is InChI=1S/C18H21N3OS/c22-18-14-8-9-21(11-13-5-2-1-3-6-13)12-15(14)19-17(20-18)16-7-4-10-23-16/h1-2,4,7,10,13H,3,5-6,8-9,11-12H2,(H,19,20,22). The molecule has 0 spiro atoms. The molecule has 120 valence electrons. The van der Waals surface area contributed by atoms with Crippen molar-refractivity contribution in [3.05, 3.63) is 51.3 Å². The number of nitrogens with zero attached hydrogens (tertiary/aromatic N) is 2. The van der Waals surface area contributed by atoms with Crippen LogP contribution in [0.1, 0.15) is 30.5 Å². The second-order valence-electron chi connectivity index (χ2n) is 6.45. The summed E-state index contributed by atoms with van der Waals surface area (Å²) in [6, 6.07) is 3.99. The van der Waals surface area contributed by atoms with Crippen LogP contribution in [-0.2, 0) is 13.0 Å². The van der Waals surface area contributed by atoms with Gasteiger partial charge in [-0.2, -0.15) is 0 Å². The summed E-state index contributed by atoms with van der Waals surface area (Å²) in [4.78, 5) is 23.6. The van der Waals surface area contributed by atoms with E-state index in [1.807, 2.05) is 17.5 Å². The summed E-state index contributed by atoms with van der Waals surface area (Å²) in [5.41, 5.74) is 1.89.